The van der Waals surface area contributed by atoms with Gasteiger partial charge in [0, 0.05) is 4.90 Å². The Morgan fingerprint density at radius 1 is 1.24 bits per heavy atom. The van der Waals surface area contributed by atoms with Gasteiger partial charge < -0.3 is 20.0 Å². The third kappa shape index (κ3) is 2.91. The lowest BCUT2D eigenvalue weighted by molar-refractivity contribution is -0.126. The van der Waals surface area contributed by atoms with Gasteiger partial charge in [0.05, 0.1) is 36.7 Å². The maximum absolute atomic E-state index is 12.9. The molecule has 2 aromatic rings. The molecule has 6 nitrogen and oxygen atoms in total. The summed E-state index contributed by atoms with van der Waals surface area (Å²) in [5, 5.41) is 5.64. The Hall–Kier alpha value is -2.67. The lowest BCUT2D eigenvalue weighted by Gasteiger charge is -2.25. The minimum atomic E-state index is -0.436. The van der Waals surface area contributed by atoms with Crippen LogP contribution in [0.15, 0.2) is 63.2 Å². The quantitative estimate of drug-likeness (QED) is 0.827. The van der Waals surface area contributed by atoms with Gasteiger partial charge in [-0.25, -0.2) is 4.79 Å². The van der Waals surface area contributed by atoms with E-state index in [0.29, 0.717) is 30.1 Å². The molecule has 0 saturated heterocycles. The third-order valence-corrected chi connectivity index (χ3v) is 5.14. The van der Waals surface area contributed by atoms with Crippen LogP contribution in [0, 0.1) is 0 Å². The van der Waals surface area contributed by atoms with Gasteiger partial charge in [-0.05, 0) is 36.1 Å². The number of rotatable bonds is 4. The van der Waals surface area contributed by atoms with E-state index in [0.717, 1.165) is 10.5 Å². The molecule has 0 bridgehead atoms. The number of amides is 3. The first-order chi connectivity index (χ1) is 12.2. The summed E-state index contributed by atoms with van der Waals surface area (Å²) in [4.78, 5) is 27.8. The molecule has 0 radical (unpaired) electrons. The molecular formula is C18H17N3O3S. The zero-order valence-corrected chi connectivity index (χ0v) is 14.4. The summed E-state index contributed by atoms with van der Waals surface area (Å²) in [6.07, 6.45) is 3.59. The fourth-order valence-electron chi connectivity index (χ4n) is 3.19. The summed E-state index contributed by atoms with van der Waals surface area (Å²) in [5.74, 6) is 0.631. The second-order valence-corrected chi connectivity index (χ2v) is 6.82. The Bertz CT molecular complexity index is 843. The predicted octanol–water partition coefficient (Wildman–Crippen LogP) is 2.65. The highest BCUT2D eigenvalue weighted by Gasteiger charge is 2.40. The molecule has 1 aromatic carbocycles. The molecule has 1 aromatic heterocycles. The van der Waals surface area contributed by atoms with Crippen LogP contribution in [0.2, 0.25) is 0 Å². The number of thioether (sulfide) groups is 1. The van der Waals surface area contributed by atoms with E-state index < -0.39 is 6.04 Å². The molecule has 0 unspecified atom stereocenters. The third-order valence-electron chi connectivity index (χ3n) is 4.40. The van der Waals surface area contributed by atoms with Crippen molar-refractivity contribution in [1.29, 1.82) is 0 Å². The van der Waals surface area contributed by atoms with Gasteiger partial charge >= 0.3 is 6.03 Å². The van der Waals surface area contributed by atoms with Crippen molar-refractivity contribution in [3.63, 3.8) is 0 Å². The molecule has 2 N–H and O–H groups in total. The highest BCUT2D eigenvalue weighted by atomic mass is 32.2. The standard InChI is InChI=1S/C18H17N3O3S/c1-25-13-6-4-11(5-7-13)16-15-14(19-18(23)20-16)10-21(17(15)22)9-12-3-2-8-24-12/h2-8,16H,9-10H2,1H3,(H2,19,20,23)/t16-/m1/s1. The van der Waals surface area contributed by atoms with Crippen LogP contribution in [0.3, 0.4) is 0 Å². The van der Waals surface area contributed by atoms with Crippen molar-refractivity contribution < 1.29 is 14.0 Å². The van der Waals surface area contributed by atoms with Crippen LogP contribution in [-0.4, -0.2) is 29.6 Å². The number of nitrogens with zero attached hydrogens (tertiary/aromatic N) is 1. The Labute approximate surface area is 149 Å². The molecule has 128 valence electrons. The van der Waals surface area contributed by atoms with Crippen LogP contribution in [0.4, 0.5) is 4.79 Å². The molecule has 2 aliphatic rings. The smallest absolute Gasteiger partial charge is 0.319 e. The SMILES string of the molecule is CSc1ccc([C@H]2NC(=O)NC3=C2C(=O)N(Cc2ccco2)C3)cc1. The minimum Gasteiger partial charge on any atom is -0.467 e. The van der Waals surface area contributed by atoms with Gasteiger partial charge in [-0.15, -0.1) is 11.8 Å². The normalized spacial score (nSPS) is 19.7. The van der Waals surface area contributed by atoms with Crippen molar-refractivity contribution in [3.05, 3.63) is 65.3 Å². The monoisotopic (exact) mass is 355 g/mol. The van der Waals surface area contributed by atoms with Crippen LogP contribution in [-0.2, 0) is 11.3 Å². The van der Waals surface area contributed by atoms with E-state index in [4.69, 9.17) is 4.42 Å². The second-order valence-electron chi connectivity index (χ2n) is 5.94. The summed E-state index contributed by atoms with van der Waals surface area (Å²) >= 11 is 1.65. The minimum absolute atomic E-state index is 0.0853. The summed E-state index contributed by atoms with van der Waals surface area (Å²) < 4.78 is 5.34. The molecule has 0 aliphatic carbocycles. The van der Waals surface area contributed by atoms with Crippen molar-refractivity contribution in [3.8, 4) is 0 Å². The van der Waals surface area contributed by atoms with Gasteiger partial charge in [-0.2, -0.15) is 0 Å². The maximum atomic E-state index is 12.9. The lowest BCUT2D eigenvalue weighted by Crippen LogP contribution is -2.44. The van der Waals surface area contributed by atoms with Gasteiger partial charge in [0.25, 0.3) is 5.91 Å². The number of urea groups is 1. The number of carbonyl (C=O) groups is 2. The maximum Gasteiger partial charge on any atom is 0.319 e. The molecule has 3 amide bonds. The molecule has 2 aliphatic heterocycles. The summed E-state index contributed by atoms with van der Waals surface area (Å²) in [5.41, 5.74) is 2.16. The fraction of sp³-hybridized carbons (Fsp3) is 0.222. The lowest BCUT2D eigenvalue weighted by atomic mass is 9.96. The van der Waals surface area contributed by atoms with E-state index in [-0.39, 0.29) is 11.9 Å². The predicted molar refractivity (Wildman–Crippen MR) is 93.8 cm³/mol. The van der Waals surface area contributed by atoms with E-state index >= 15 is 0 Å². The molecular weight excluding hydrogens is 338 g/mol. The molecule has 25 heavy (non-hydrogen) atoms. The first-order valence-electron chi connectivity index (χ1n) is 7.92. The second kappa shape index (κ2) is 6.33. The van der Waals surface area contributed by atoms with Gasteiger partial charge in [-0.3, -0.25) is 4.79 Å². The highest BCUT2D eigenvalue weighted by molar-refractivity contribution is 7.98. The number of hydrogen-bond donors (Lipinski definition) is 2. The molecule has 0 spiro atoms. The Morgan fingerprint density at radius 3 is 2.72 bits per heavy atom. The first-order valence-corrected chi connectivity index (χ1v) is 9.14. The van der Waals surface area contributed by atoms with Crippen LogP contribution in [0.5, 0.6) is 0 Å². The van der Waals surface area contributed by atoms with E-state index in [2.05, 4.69) is 10.6 Å². The van der Waals surface area contributed by atoms with E-state index in [1.54, 1.807) is 29.0 Å². The van der Waals surface area contributed by atoms with Crippen LogP contribution in [0.25, 0.3) is 0 Å². The van der Waals surface area contributed by atoms with Crippen molar-refractivity contribution in [1.82, 2.24) is 15.5 Å². The first kappa shape index (κ1) is 15.8. The van der Waals surface area contributed by atoms with Crippen LogP contribution < -0.4 is 10.6 Å². The average molecular weight is 355 g/mol. The van der Waals surface area contributed by atoms with Crippen molar-refractivity contribution >= 4 is 23.7 Å². The number of nitrogens with one attached hydrogen (secondary N) is 2. The molecule has 0 saturated carbocycles. The number of furan rings is 1. The van der Waals surface area contributed by atoms with Gasteiger partial charge in [0.2, 0.25) is 0 Å². The zero-order chi connectivity index (χ0) is 17.4. The number of hydrogen-bond acceptors (Lipinski definition) is 4. The summed E-state index contributed by atoms with van der Waals surface area (Å²) in [7, 11) is 0. The van der Waals surface area contributed by atoms with Gasteiger partial charge in [0.15, 0.2) is 0 Å². The number of carbonyl (C=O) groups excluding carboxylic acids is 2. The van der Waals surface area contributed by atoms with Crippen molar-refractivity contribution in [2.45, 2.75) is 17.5 Å². The average Bonchev–Trinajstić information content (AvgIpc) is 3.23. The largest absolute Gasteiger partial charge is 0.467 e. The summed E-state index contributed by atoms with van der Waals surface area (Å²) in [6.45, 7) is 0.758. The Kier molecular flexibility index (Phi) is 4.01. The van der Waals surface area contributed by atoms with Crippen molar-refractivity contribution in [2.24, 2.45) is 0 Å². The molecule has 0 fully saturated rings. The molecule has 4 rings (SSSR count). The number of benzene rings is 1. The van der Waals surface area contributed by atoms with E-state index in [9.17, 15) is 9.59 Å². The van der Waals surface area contributed by atoms with Gasteiger partial charge in [-0.1, -0.05) is 12.1 Å². The van der Waals surface area contributed by atoms with E-state index in [1.807, 2.05) is 36.6 Å². The Balaban J connectivity index is 1.63. The topological polar surface area (TPSA) is 74.6 Å². The molecule has 7 heteroatoms. The summed E-state index contributed by atoms with van der Waals surface area (Å²) in [6, 6.07) is 10.8. The van der Waals surface area contributed by atoms with E-state index in [1.165, 1.54) is 0 Å². The van der Waals surface area contributed by atoms with Crippen molar-refractivity contribution in [2.75, 3.05) is 12.8 Å². The zero-order valence-electron chi connectivity index (χ0n) is 13.6. The van der Waals surface area contributed by atoms with Gasteiger partial charge in [0.1, 0.15) is 5.76 Å². The fourth-order valence-corrected chi connectivity index (χ4v) is 3.60. The molecule has 1 atom stereocenters. The Morgan fingerprint density at radius 2 is 2.04 bits per heavy atom. The van der Waals surface area contributed by atoms with Crippen LogP contribution in [0.1, 0.15) is 17.4 Å². The highest BCUT2D eigenvalue weighted by Crippen LogP contribution is 2.33. The van der Waals surface area contributed by atoms with Crippen LogP contribution >= 0.6 is 11.8 Å². The molecule has 3 heterocycles.